The number of hydrogen-bond acceptors (Lipinski definition) is 5. The maximum Gasteiger partial charge on any atom is 0.253 e. The first-order valence-electron chi connectivity index (χ1n) is 14.9. The number of carbonyl (C=O) groups is 2. The molecule has 1 fully saturated rings. The maximum atomic E-state index is 12.7. The average Bonchev–Trinajstić information content (AvgIpc) is 3.43. The zero-order chi connectivity index (χ0) is 30.8. The summed E-state index contributed by atoms with van der Waals surface area (Å²) in [4.78, 5) is 30.7. The second-order valence-corrected chi connectivity index (χ2v) is 11.9. The molecule has 5 aromatic rings. The molecule has 7 nitrogen and oxygen atoms in total. The number of carboxylic acids is 1. The molecule has 1 heterocycles. The Kier molecular flexibility index (Phi) is 8.40. The van der Waals surface area contributed by atoms with E-state index in [4.69, 9.17) is 21.3 Å². The molecular formula is C36H33ClN3O4-. The molecule has 0 atom stereocenters. The van der Waals surface area contributed by atoms with Crippen molar-refractivity contribution in [2.24, 2.45) is 0 Å². The average molecular weight is 607 g/mol. The fraction of sp³-hybridized carbons (Fsp3) is 0.250. The van der Waals surface area contributed by atoms with E-state index in [1.807, 2.05) is 72.8 Å². The monoisotopic (exact) mass is 606 g/mol. The van der Waals surface area contributed by atoms with Crippen molar-refractivity contribution in [2.45, 2.75) is 44.8 Å². The van der Waals surface area contributed by atoms with Crippen LogP contribution in [0.25, 0.3) is 33.5 Å². The molecule has 1 amide bonds. The molecule has 1 aliphatic carbocycles. The molecule has 0 aliphatic heterocycles. The van der Waals surface area contributed by atoms with E-state index in [9.17, 15) is 14.7 Å². The van der Waals surface area contributed by atoms with Gasteiger partial charge >= 0.3 is 0 Å². The first kappa shape index (κ1) is 29.5. The predicted octanol–water partition coefficient (Wildman–Crippen LogP) is 7.17. The number of halogens is 1. The van der Waals surface area contributed by atoms with Crippen LogP contribution in [-0.4, -0.2) is 40.4 Å². The van der Waals surface area contributed by atoms with E-state index in [0.717, 1.165) is 59.3 Å². The first-order chi connectivity index (χ1) is 21.3. The number of ether oxygens (including phenoxy) is 1. The van der Waals surface area contributed by atoms with Crippen molar-refractivity contribution in [3.63, 3.8) is 0 Å². The quantitative estimate of drug-likeness (QED) is 0.187. The Morgan fingerprint density at radius 1 is 0.886 bits per heavy atom. The van der Waals surface area contributed by atoms with E-state index in [0.29, 0.717) is 27.9 Å². The van der Waals surface area contributed by atoms with Crippen LogP contribution in [0.4, 0.5) is 0 Å². The molecule has 0 radical (unpaired) electrons. The van der Waals surface area contributed by atoms with Gasteiger partial charge in [-0.15, -0.1) is 0 Å². The number of aromatic carboxylic acids is 1. The molecule has 1 saturated carbocycles. The van der Waals surface area contributed by atoms with Crippen LogP contribution < -0.4 is 9.84 Å². The molecule has 0 spiro atoms. The highest BCUT2D eigenvalue weighted by molar-refractivity contribution is 6.30. The number of aromatic nitrogens is 2. The lowest BCUT2D eigenvalue weighted by molar-refractivity contribution is -0.255. The lowest BCUT2D eigenvalue weighted by Crippen LogP contribution is -2.22. The minimum absolute atomic E-state index is 0.0779. The third-order valence-electron chi connectivity index (χ3n) is 8.29. The number of carboxylic acid groups (broad SMARTS) is 1. The van der Waals surface area contributed by atoms with Crippen LogP contribution in [0.3, 0.4) is 0 Å². The van der Waals surface area contributed by atoms with Crippen molar-refractivity contribution >= 4 is 34.5 Å². The number of benzene rings is 4. The molecule has 0 unspecified atom stereocenters. The zero-order valence-electron chi connectivity index (χ0n) is 24.8. The third-order valence-corrected chi connectivity index (χ3v) is 8.54. The first-order valence-corrected chi connectivity index (χ1v) is 15.2. The summed E-state index contributed by atoms with van der Waals surface area (Å²) in [5, 5.41) is 12.2. The Labute approximate surface area is 261 Å². The summed E-state index contributed by atoms with van der Waals surface area (Å²) >= 11 is 6.13. The van der Waals surface area contributed by atoms with Crippen LogP contribution in [0.2, 0.25) is 5.02 Å². The summed E-state index contributed by atoms with van der Waals surface area (Å²) < 4.78 is 8.53. The van der Waals surface area contributed by atoms with Gasteiger partial charge in [0.25, 0.3) is 5.91 Å². The van der Waals surface area contributed by atoms with E-state index in [1.54, 1.807) is 31.1 Å². The molecule has 44 heavy (non-hydrogen) atoms. The molecular weight excluding hydrogens is 574 g/mol. The van der Waals surface area contributed by atoms with Crippen molar-refractivity contribution in [3.05, 3.63) is 107 Å². The van der Waals surface area contributed by atoms with Crippen molar-refractivity contribution in [3.8, 4) is 28.3 Å². The highest BCUT2D eigenvalue weighted by atomic mass is 35.5. The Morgan fingerprint density at radius 2 is 1.57 bits per heavy atom. The third kappa shape index (κ3) is 6.06. The Balaban J connectivity index is 1.30. The highest BCUT2D eigenvalue weighted by Gasteiger charge is 2.23. The van der Waals surface area contributed by atoms with Gasteiger partial charge in [0.2, 0.25) is 0 Å². The molecule has 1 aliphatic rings. The number of rotatable bonds is 8. The van der Waals surface area contributed by atoms with Gasteiger partial charge in [-0.3, -0.25) is 4.79 Å². The van der Waals surface area contributed by atoms with Crippen LogP contribution in [0.5, 0.6) is 5.75 Å². The van der Waals surface area contributed by atoms with Crippen LogP contribution in [0, 0.1) is 0 Å². The van der Waals surface area contributed by atoms with Crippen LogP contribution in [-0.2, 0) is 6.61 Å². The summed E-state index contributed by atoms with van der Waals surface area (Å²) in [6, 6.07) is 26.4. The minimum atomic E-state index is -1.21. The maximum absolute atomic E-state index is 12.7. The normalized spacial score (nSPS) is 13.6. The number of hydrogen-bond donors (Lipinski definition) is 0. The van der Waals surface area contributed by atoms with Crippen LogP contribution in [0.15, 0.2) is 84.9 Å². The molecule has 1 aromatic heterocycles. The Hall–Kier alpha value is -4.62. The number of imidazole rings is 1. The summed E-state index contributed by atoms with van der Waals surface area (Å²) in [5.41, 5.74) is 6.04. The van der Waals surface area contributed by atoms with Gasteiger partial charge < -0.3 is 24.1 Å². The molecule has 0 saturated heterocycles. The van der Waals surface area contributed by atoms with E-state index in [-0.39, 0.29) is 18.1 Å². The molecule has 0 N–H and O–H groups in total. The standard InChI is InChI=1S/C36H34ClN3O4/c1-39(2)35(41)25-12-18-31(23-8-14-28(37)15-9-23)27(20-25)22-44-30-16-10-24(11-17-30)34-38-32-21-26(36(42)43)13-19-33(32)40(34)29-6-4-3-5-7-29/h8-21,29H,3-7,22H2,1-2H3,(H,42,43)/p-1. The Morgan fingerprint density at radius 3 is 2.25 bits per heavy atom. The summed E-state index contributed by atoms with van der Waals surface area (Å²) in [6.45, 7) is 0.262. The lowest BCUT2D eigenvalue weighted by atomic mass is 9.95. The molecule has 4 aromatic carbocycles. The van der Waals surface area contributed by atoms with Gasteiger partial charge in [0, 0.05) is 36.3 Å². The van der Waals surface area contributed by atoms with Crippen LogP contribution in [0.1, 0.15) is 64.4 Å². The van der Waals surface area contributed by atoms with Gasteiger partial charge in [0.1, 0.15) is 18.2 Å². The van der Waals surface area contributed by atoms with Crippen molar-refractivity contribution in [2.75, 3.05) is 14.1 Å². The number of nitrogens with zero attached hydrogens (tertiary/aromatic N) is 3. The lowest BCUT2D eigenvalue weighted by Gasteiger charge is -2.25. The molecule has 0 bridgehead atoms. The largest absolute Gasteiger partial charge is 0.545 e. The van der Waals surface area contributed by atoms with E-state index in [1.165, 1.54) is 6.42 Å². The SMILES string of the molecule is CN(C)C(=O)c1ccc(-c2ccc(Cl)cc2)c(COc2ccc(-c3nc4cc(C(=O)[O-])ccc4n3C3CCCCC3)cc2)c1. The number of carbonyl (C=O) groups excluding carboxylic acids is 2. The van der Waals surface area contributed by atoms with Gasteiger partial charge in [0.05, 0.1) is 17.0 Å². The van der Waals surface area contributed by atoms with E-state index >= 15 is 0 Å². The highest BCUT2D eigenvalue weighted by Crippen LogP contribution is 2.37. The fourth-order valence-electron chi connectivity index (χ4n) is 6.01. The van der Waals surface area contributed by atoms with Gasteiger partial charge in [-0.25, -0.2) is 4.98 Å². The number of fused-ring (bicyclic) bond motifs is 1. The van der Waals surface area contributed by atoms with E-state index in [2.05, 4.69) is 4.57 Å². The molecule has 224 valence electrons. The second-order valence-electron chi connectivity index (χ2n) is 11.5. The molecule has 8 heteroatoms. The predicted molar refractivity (Wildman–Crippen MR) is 171 cm³/mol. The smallest absolute Gasteiger partial charge is 0.253 e. The topological polar surface area (TPSA) is 87.5 Å². The fourth-order valence-corrected chi connectivity index (χ4v) is 6.14. The Bertz CT molecular complexity index is 1820. The van der Waals surface area contributed by atoms with Gasteiger partial charge in [-0.2, -0.15) is 0 Å². The van der Waals surface area contributed by atoms with Gasteiger partial charge in [-0.05, 0) is 95.8 Å². The zero-order valence-corrected chi connectivity index (χ0v) is 25.5. The second kappa shape index (κ2) is 12.5. The van der Waals surface area contributed by atoms with Crippen LogP contribution >= 0.6 is 11.6 Å². The van der Waals surface area contributed by atoms with E-state index < -0.39 is 5.97 Å². The van der Waals surface area contributed by atoms with Gasteiger partial charge in [0.15, 0.2) is 0 Å². The summed E-state index contributed by atoms with van der Waals surface area (Å²) in [6.07, 6.45) is 5.67. The minimum Gasteiger partial charge on any atom is -0.545 e. The van der Waals surface area contributed by atoms with Crippen molar-refractivity contribution in [1.82, 2.24) is 14.5 Å². The summed E-state index contributed by atoms with van der Waals surface area (Å²) in [5.74, 6) is 0.206. The number of amides is 1. The molecule has 6 rings (SSSR count). The van der Waals surface area contributed by atoms with Crippen molar-refractivity contribution < 1.29 is 19.4 Å². The van der Waals surface area contributed by atoms with Gasteiger partial charge in [-0.1, -0.05) is 55.1 Å². The summed E-state index contributed by atoms with van der Waals surface area (Å²) in [7, 11) is 3.47. The van der Waals surface area contributed by atoms with Crippen molar-refractivity contribution in [1.29, 1.82) is 0 Å².